The summed E-state index contributed by atoms with van der Waals surface area (Å²) in [5.41, 5.74) is 16.1. The molecule has 12 rings (SSSR count). The van der Waals surface area contributed by atoms with E-state index in [-0.39, 0.29) is 0 Å². The summed E-state index contributed by atoms with van der Waals surface area (Å²) >= 11 is 0. The highest BCUT2D eigenvalue weighted by atomic mass is 14.3. The number of allylic oxidation sites excluding steroid dienone is 4. The van der Waals surface area contributed by atoms with Crippen LogP contribution in [-0.4, -0.2) is 0 Å². The first kappa shape index (κ1) is 31.6. The third-order valence-corrected chi connectivity index (χ3v) is 12.8. The van der Waals surface area contributed by atoms with Crippen LogP contribution in [0.5, 0.6) is 0 Å². The summed E-state index contributed by atoms with van der Waals surface area (Å²) in [7, 11) is 0. The maximum atomic E-state index is 2.50. The van der Waals surface area contributed by atoms with Crippen LogP contribution in [0.15, 0.2) is 182 Å². The van der Waals surface area contributed by atoms with Crippen molar-refractivity contribution in [1.82, 2.24) is 0 Å². The largest absolute Gasteiger partial charge is 0.0763 e. The average Bonchev–Trinajstić information content (AvgIpc) is 3.27. The lowest BCUT2D eigenvalue weighted by Gasteiger charge is -2.24. The van der Waals surface area contributed by atoms with Crippen molar-refractivity contribution in [2.75, 3.05) is 0 Å². The smallest absolute Gasteiger partial charge is 0.00206 e. The molecule has 2 aliphatic carbocycles. The molecule has 0 heteroatoms. The van der Waals surface area contributed by atoms with E-state index in [9.17, 15) is 0 Å². The fraction of sp³-hybridized carbons (Fsp3) is 0.0714. The number of aryl methyl sites for hydroxylation is 2. The molecule has 0 nitrogen and oxygen atoms in total. The summed E-state index contributed by atoms with van der Waals surface area (Å²) in [4.78, 5) is 0. The van der Waals surface area contributed by atoms with Crippen LogP contribution in [0.2, 0.25) is 0 Å². The first-order valence-corrected chi connectivity index (χ1v) is 20.1. The van der Waals surface area contributed by atoms with Gasteiger partial charge in [0.25, 0.3) is 0 Å². The number of benzene rings is 10. The number of hydrogen-bond acceptors (Lipinski definition) is 0. The van der Waals surface area contributed by atoms with Gasteiger partial charge >= 0.3 is 0 Å². The molecule has 262 valence electrons. The molecule has 0 heterocycles. The topological polar surface area (TPSA) is 0 Å². The molecular formula is C56H38. The van der Waals surface area contributed by atoms with Gasteiger partial charge in [0.05, 0.1) is 0 Å². The molecule has 2 aliphatic rings. The van der Waals surface area contributed by atoms with Crippen LogP contribution in [0.4, 0.5) is 0 Å². The van der Waals surface area contributed by atoms with Crippen LogP contribution in [0.1, 0.15) is 35.1 Å². The molecule has 0 atom stereocenters. The highest BCUT2D eigenvalue weighted by Crippen LogP contribution is 2.45. The Morgan fingerprint density at radius 2 is 0.911 bits per heavy atom. The molecule has 0 radical (unpaired) electrons. The second-order valence-electron chi connectivity index (χ2n) is 15.8. The van der Waals surface area contributed by atoms with Crippen molar-refractivity contribution in [1.29, 1.82) is 0 Å². The highest BCUT2D eigenvalue weighted by Gasteiger charge is 2.22. The zero-order chi connectivity index (χ0) is 36.7. The minimum atomic E-state index is 1.04. The van der Waals surface area contributed by atoms with Crippen LogP contribution in [0.3, 0.4) is 0 Å². The van der Waals surface area contributed by atoms with E-state index < -0.39 is 0 Å². The Morgan fingerprint density at radius 1 is 0.339 bits per heavy atom. The fourth-order valence-corrected chi connectivity index (χ4v) is 10.3. The summed E-state index contributed by atoms with van der Waals surface area (Å²) < 4.78 is 0. The van der Waals surface area contributed by atoms with Crippen molar-refractivity contribution in [2.45, 2.75) is 25.7 Å². The van der Waals surface area contributed by atoms with Gasteiger partial charge in [-0.15, -0.1) is 0 Å². The molecule has 0 saturated heterocycles. The molecule has 0 bridgehead atoms. The van der Waals surface area contributed by atoms with Gasteiger partial charge in [-0.25, -0.2) is 0 Å². The molecule has 56 heavy (non-hydrogen) atoms. The van der Waals surface area contributed by atoms with Gasteiger partial charge in [0.15, 0.2) is 0 Å². The van der Waals surface area contributed by atoms with Crippen LogP contribution in [0, 0.1) is 0 Å². The first-order chi connectivity index (χ1) is 27.8. The van der Waals surface area contributed by atoms with Gasteiger partial charge in [0, 0.05) is 0 Å². The standard InChI is InChI=1S/C56H38/c1-3-19-49(45(17-1)41-13-7-15-43(33-41)47-29-25-39-23-21-35-9-5-11-37-27-31-51(47)55(39)53(35)37)50-20-4-2-18-46(50)42-14-8-16-44(34-42)48-30-26-40-24-22-36-10-6-12-38-28-32-52(48)56(40)54(36)38/h1-7,9-15,17-27,29-31,33-34H,8,16,28,32H2. The number of hydrogen-bond donors (Lipinski definition) is 0. The summed E-state index contributed by atoms with van der Waals surface area (Å²) in [6, 6.07) is 63.8. The first-order valence-electron chi connectivity index (χ1n) is 20.1. The number of rotatable bonds is 5. The predicted octanol–water partition coefficient (Wildman–Crippen LogP) is 15.3. The van der Waals surface area contributed by atoms with E-state index in [1.807, 2.05) is 0 Å². The maximum absolute atomic E-state index is 2.50. The Labute approximate surface area is 327 Å². The van der Waals surface area contributed by atoms with Gasteiger partial charge in [-0.2, -0.15) is 0 Å². The van der Waals surface area contributed by atoms with E-state index in [1.54, 1.807) is 0 Å². The van der Waals surface area contributed by atoms with Gasteiger partial charge in [-0.1, -0.05) is 176 Å². The van der Waals surface area contributed by atoms with Crippen LogP contribution in [-0.2, 0) is 12.8 Å². The minimum Gasteiger partial charge on any atom is -0.0763 e. The molecule has 0 fully saturated rings. The Kier molecular flexibility index (Phi) is 6.98. The van der Waals surface area contributed by atoms with Gasteiger partial charge in [-0.05, 0) is 152 Å². The zero-order valence-corrected chi connectivity index (χ0v) is 31.1. The van der Waals surface area contributed by atoms with E-state index in [2.05, 4.69) is 182 Å². The molecule has 10 aromatic carbocycles. The molecule has 0 unspecified atom stereocenters. The lowest BCUT2D eigenvalue weighted by molar-refractivity contribution is 0.957. The normalized spacial score (nSPS) is 14.0. The molecule has 0 saturated carbocycles. The maximum Gasteiger partial charge on any atom is -0.00206 e. The Bertz CT molecular complexity index is 3280. The highest BCUT2D eigenvalue weighted by molar-refractivity contribution is 6.25. The third kappa shape index (κ3) is 4.79. The van der Waals surface area contributed by atoms with Crippen LogP contribution >= 0.6 is 0 Å². The van der Waals surface area contributed by atoms with Crippen LogP contribution in [0.25, 0.3) is 98.4 Å². The van der Waals surface area contributed by atoms with E-state index in [1.165, 1.54) is 121 Å². The molecular weight excluding hydrogens is 673 g/mol. The summed E-state index contributed by atoms with van der Waals surface area (Å²) in [5.74, 6) is 0. The van der Waals surface area contributed by atoms with E-state index in [0.717, 1.165) is 25.7 Å². The van der Waals surface area contributed by atoms with Crippen molar-refractivity contribution in [3.8, 4) is 33.4 Å². The quantitative estimate of drug-likeness (QED) is 0.156. The van der Waals surface area contributed by atoms with Gasteiger partial charge in [0.1, 0.15) is 0 Å². The van der Waals surface area contributed by atoms with Crippen molar-refractivity contribution >= 4 is 65.0 Å². The molecule has 0 amide bonds. The lowest BCUT2D eigenvalue weighted by atomic mass is 9.80. The molecule has 0 aromatic heterocycles. The van der Waals surface area contributed by atoms with Crippen molar-refractivity contribution in [3.63, 3.8) is 0 Å². The Hall–Kier alpha value is -6.76. The molecule has 10 aromatic rings. The lowest BCUT2D eigenvalue weighted by Crippen LogP contribution is -2.06. The van der Waals surface area contributed by atoms with Crippen molar-refractivity contribution in [2.24, 2.45) is 0 Å². The van der Waals surface area contributed by atoms with E-state index >= 15 is 0 Å². The third-order valence-electron chi connectivity index (χ3n) is 12.8. The van der Waals surface area contributed by atoms with Gasteiger partial charge in [0.2, 0.25) is 0 Å². The van der Waals surface area contributed by atoms with Crippen molar-refractivity contribution < 1.29 is 0 Å². The molecule has 0 spiro atoms. The summed E-state index contributed by atoms with van der Waals surface area (Å²) in [6.07, 6.45) is 9.26. The average molecular weight is 711 g/mol. The van der Waals surface area contributed by atoms with Gasteiger partial charge < -0.3 is 0 Å². The van der Waals surface area contributed by atoms with E-state index in [0.29, 0.717) is 0 Å². The molecule has 0 N–H and O–H groups in total. The van der Waals surface area contributed by atoms with Crippen molar-refractivity contribution in [3.05, 3.63) is 204 Å². The monoisotopic (exact) mass is 710 g/mol. The second kappa shape index (κ2) is 12.4. The predicted molar refractivity (Wildman–Crippen MR) is 241 cm³/mol. The SMILES string of the molecule is C1=C(c2ccccc2-c2ccccc2-c2cccc(-c3ccc4ccc5cccc6ccc3c4c56)c2)C=C(c2ccc3ccc4cccc5c4c3c2CC5)CC1. The summed E-state index contributed by atoms with van der Waals surface area (Å²) in [5, 5.41) is 13.6. The summed E-state index contributed by atoms with van der Waals surface area (Å²) in [6.45, 7) is 0. The van der Waals surface area contributed by atoms with Gasteiger partial charge in [-0.3, -0.25) is 0 Å². The zero-order valence-electron chi connectivity index (χ0n) is 31.1. The fourth-order valence-electron chi connectivity index (χ4n) is 10.3. The second-order valence-corrected chi connectivity index (χ2v) is 15.8. The Morgan fingerprint density at radius 3 is 1.70 bits per heavy atom. The Balaban J connectivity index is 0.961. The van der Waals surface area contributed by atoms with Crippen LogP contribution < -0.4 is 0 Å². The van der Waals surface area contributed by atoms with E-state index in [4.69, 9.17) is 0 Å². The molecule has 0 aliphatic heterocycles. The minimum absolute atomic E-state index is 1.04.